The minimum Gasteiger partial charge on any atom is -0.465 e. The first-order chi connectivity index (χ1) is 8.91. The molecule has 19 heavy (non-hydrogen) atoms. The fourth-order valence-electron chi connectivity index (χ4n) is 2.70. The van der Waals surface area contributed by atoms with Crippen molar-refractivity contribution in [1.29, 1.82) is 0 Å². The third-order valence-electron chi connectivity index (χ3n) is 3.72. The Morgan fingerprint density at radius 3 is 2.79 bits per heavy atom. The van der Waals surface area contributed by atoms with Crippen LogP contribution in [0.1, 0.15) is 43.5 Å². The Balaban J connectivity index is 2.18. The number of carbonyl (C=O) groups is 1. The zero-order valence-electron chi connectivity index (χ0n) is 11.6. The van der Waals surface area contributed by atoms with E-state index in [0.29, 0.717) is 22.0 Å². The van der Waals surface area contributed by atoms with Crippen LogP contribution >= 0.6 is 11.6 Å². The van der Waals surface area contributed by atoms with Crippen molar-refractivity contribution in [2.45, 2.75) is 39.2 Å². The first kappa shape index (κ1) is 14.2. The number of hydrogen-bond acceptors (Lipinski definition) is 3. The molecule has 1 unspecified atom stereocenters. The highest BCUT2D eigenvalue weighted by Gasteiger charge is 2.31. The highest BCUT2D eigenvalue weighted by molar-refractivity contribution is 6.31. The summed E-state index contributed by atoms with van der Waals surface area (Å²) in [6.45, 7) is 4.55. The predicted molar refractivity (Wildman–Crippen MR) is 77.8 cm³/mol. The lowest BCUT2D eigenvalue weighted by Gasteiger charge is -2.20. The lowest BCUT2D eigenvalue weighted by Crippen LogP contribution is -2.19. The van der Waals surface area contributed by atoms with Gasteiger partial charge < -0.3 is 10.1 Å². The second-order valence-corrected chi connectivity index (χ2v) is 6.37. The molecule has 0 aromatic heterocycles. The van der Waals surface area contributed by atoms with E-state index < -0.39 is 0 Å². The summed E-state index contributed by atoms with van der Waals surface area (Å²) in [6, 6.07) is 5.69. The molecule has 0 amide bonds. The topological polar surface area (TPSA) is 38.3 Å². The Labute approximate surface area is 119 Å². The van der Waals surface area contributed by atoms with E-state index in [1.54, 1.807) is 12.1 Å². The zero-order valence-corrected chi connectivity index (χ0v) is 12.4. The van der Waals surface area contributed by atoms with Gasteiger partial charge in [-0.1, -0.05) is 25.4 Å². The number of halogens is 1. The Hall–Kier alpha value is -1.22. The third kappa shape index (κ3) is 3.41. The van der Waals surface area contributed by atoms with Gasteiger partial charge in [-0.3, -0.25) is 0 Å². The molecule has 4 heteroatoms. The van der Waals surface area contributed by atoms with E-state index in [-0.39, 0.29) is 5.97 Å². The van der Waals surface area contributed by atoms with Crippen LogP contribution in [0.4, 0.5) is 5.69 Å². The van der Waals surface area contributed by atoms with Gasteiger partial charge in [0.15, 0.2) is 0 Å². The third-order valence-corrected chi connectivity index (χ3v) is 3.95. The minimum atomic E-state index is -0.359. The van der Waals surface area contributed by atoms with Crippen molar-refractivity contribution in [2.75, 3.05) is 12.4 Å². The van der Waals surface area contributed by atoms with Gasteiger partial charge in [-0.15, -0.1) is 0 Å². The van der Waals surface area contributed by atoms with Gasteiger partial charge >= 0.3 is 5.97 Å². The smallest absolute Gasteiger partial charge is 0.340 e. The molecule has 1 aromatic carbocycles. The van der Waals surface area contributed by atoms with Crippen molar-refractivity contribution in [1.82, 2.24) is 0 Å². The molecule has 1 aromatic rings. The van der Waals surface area contributed by atoms with E-state index in [2.05, 4.69) is 19.2 Å². The quantitative estimate of drug-likeness (QED) is 0.847. The number of hydrogen-bond donors (Lipinski definition) is 1. The first-order valence-corrected chi connectivity index (χ1v) is 6.93. The fraction of sp³-hybridized carbons (Fsp3) is 0.533. The van der Waals surface area contributed by atoms with Crippen molar-refractivity contribution < 1.29 is 9.53 Å². The van der Waals surface area contributed by atoms with Crippen LogP contribution in [0.2, 0.25) is 5.02 Å². The second kappa shape index (κ2) is 5.41. The summed E-state index contributed by atoms with van der Waals surface area (Å²) in [7, 11) is 1.38. The van der Waals surface area contributed by atoms with Gasteiger partial charge in [0.1, 0.15) is 0 Å². The summed E-state index contributed by atoms with van der Waals surface area (Å²) in [4.78, 5) is 11.8. The number of nitrogens with one attached hydrogen (secondary N) is 1. The standard InChI is InChI=1S/C15H20ClNO2/c1-15(2)7-6-11(9-15)17-13-5-4-10(16)8-12(13)14(18)19-3/h4-5,8,11,17H,6-7,9H2,1-3H3. The lowest BCUT2D eigenvalue weighted by molar-refractivity contribution is 0.0602. The average Bonchev–Trinajstić information content (AvgIpc) is 2.70. The van der Waals surface area contributed by atoms with Crippen LogP contribution in [-0.4, -0.2) is 19.1 Å². The van der Waals surface area contributed by atoms with E-state index in [9.17, 15) is 4.79 Å². The van der Waals surface area contributed by atoms with Crippen LogP contribution in [-0.2, 0) is 4.74 Å². The van der Waals surface area contributed by atoms with Crippen LogP contribution in [0.3, 0.4) is 0 Å². The highest BCUT2D eigenvalue weighted by atomic mass is 35.5. The van der Waals surface area contributed by atoms with Gasteiger partial charge in [-0.05, 0) is 42.9 Å². The molecule has 3 nitrogen and oxygen atoms in total. The number of esters is 1. The second-order valence-electron chi connectivity index (χ2n) is 5.93. The van der Waals surface area contributed by atoms with E-state index in [0.717, 1.165) is 18.5 Å². The number of rotatable bonds is 3. The molecule has 1 fully saturated rings. The molecule has 1 aliphatic carbocycles. The molecule has 0 bridgehead atoms. The number of benzene rings is 1. The maximum absolute atomic E-state index is 11.8. The molecular weight excluding hydrogens is 262 g/mol. The molecule has 0 aliphatic heterocycles. The number of anilines is 1. The Bertz CT molecular complexity index is 485. The van der Waals surface area contributed by atoms with Crippen molar-refractivity contribution in [3.05, 3.63) is 28.8 Å². The monoisotopic (exact) mass is 281 g/mol. The molecule has 0 heterocycles. The number of carbonyl (C=O) groups excluding carboxylic acids is 1. The van der Waals surface area contributed by atoms with E-state index in [4.69, 9.17) is 16.3 Å². The molecule has 1 N–H and O–H groups in total. The van der Waals surface area contributed by atoms with Gasteiger partial charge in [0.25, 0.3) is 0 Å². The molecule has 1 atom stereocenters. The molecule has 1 aliphatic rings. The largest absolute Gasteiger partial charge is 0.465 e. The van der Waals surface area contributed by atoms with Gasteiger partial charge in [-0.2, -0.15) is 0 Å². The summed E-state index contributed by atoms with van der Waals surface area (Å²) >= 11 is 5.94. The van der Waals surface area contributed by atoms with Crippen LogP contribution in [0, 0.1) is 5.41 Å². The van der Waals surface area contributed by atoms with E-state index in [1.165, 1.54) is 13.5 Å². The van der Waals surface area contributed by atoms with Gasteiger partial charge in [0.05, 0.1) is 12.7 Å². The molecule has 0 spiro atoms. The lowest BCUT2D eigenvalue weighted by atomic mass is 9.92. The fourth-order valence-corrected chi connectivity index (χ4v) is 2.87. The highest BCUT2D eigenvalue weighted by Crippen LogP contribution is 2.38. The summed E-state index contributed by atoms with van der Waals surface area (Å²) in [5.74, 6) is -0.359. The van der Waals surface area contributed by atoms with Crippen LogP contribution < -0.4 is 5.32 Å². The van der Waals surface area contributed by atoms with Crippen molar-refractivity contribution in [3.63, 3.8) is 0 Å². The number of methoxy groups -OCH3 is 1. The van der Waals surface area contributed by atoms with Crippen LogP contribution in [0.25, 0.3) is 0 Å². The zero-order chi connectivity index (χ0) is 14.0. The first-order valence-electron chi connectivity index (χ1n) is 6.56. The van der Waals surface area contributed by atoms with Crippen LogP contribution in [0.5, 0.6) is 0 Å². The summed E-state index contributed by atoms with van der Waals surface area (Å²) in [5, 5.41) is 3.99. The van der Waals surface area contributed by atoms with Gasteiger partial charge in [-0.25, -0.2) is 4.79 Å². The van der Waals surface area contributed by atoms with Crippen molar-refractivity contribution in [3.8, 4) is 0 Å². The number of ether oxygens (including phenoxy) is 1. The normalized spacial score (nSPS) is 21.2. The molecule has 2 rings (SSSR count). The summed E-state index contributed by atoms with van der Waals surface area (Å²) < 4.78 is 4.80. The average molecular weight is 282 g/mol. The van der Waals surface area contributed by atoms with Crippen LogP contribution in [0.15, 0.2) is 18.2 Å². The van der Waals surface area contributed by atoms with E-state index in [1.807, 2.05) is 6.07 Å². The van der Waals surface area contributed by atoms with Crippen molar-refractivity contribution >= 4 is 23.3 Å². The summed E-state index contributed by atoms with van der Waals surface area (Å²) in [5.41, 5.74) is 1.67. The van der Waals surface area contributed by atoms with Crippen molar-refractivity contribution in [2.24, 2.45) is 5.41 Å². The molecule has 104 valence electrons. The minimum absolute atomic E-state index is 0.359. The summed E-state index contributed by atoms with van der Waals surface area (Å²) in [6.07, 6.45) is 3.43. The maximum Gasteiger partial charge on any atom is 0.340 e. The molecule has 0 saturated heterocycles. The van der Waals surface area contributed by atoms with E-state index >= 15 is 0 Å². The van der Waals surface area contributed by atoms with Gasteiger partial charge in [0, 0.05) is 16.8 Å². The van der Waals surface area contributed by atoms with Gasteiger partial charge in [0.2, 0.25) is 0 Å². The molecule has 1 saturated carbocycles. The predicted octanol–water partition coefficient (Wildman–Crippen LogP) is 4.12. The Morgan fingerprint density at radius 1 is 1.47 bits per heavy atom. The molecule has 0 radical (unpaired) electrons. The Kier molecular flexibility index (Phi) is 4.04. The SMILES string of the molecule is COC(=O)c1cc(Cl)ccc1NC1CCC(C)(C)C1. The maximum atomic E-state index is 11.8. The molecular formula is C15H20ClNO2. The Morgan fingerprint density at radius 2 is 2.21 bits per heavy atom.